The summed E-state index contributed by atoms with van der Waals surface area (Å²) >= 11 is 0. The Labute approximate surface area is 98.1 Å². The number of fused-ring (bicyclic) bond motifs is 1. The van der Waals surface area contributed by atoms with Crippen LogP contribution < -0.4 is 4.90 Å². The van der Waals surface area contributed by atoms with Crippen LogP contribution in [0.1, 0.15) is 12.8 Å². The van der Waals surface area contributed by atoms with Gasteiger partial charge in [-0.2, -0.15) is 0 Å². The predicted octanol–water partition coefficient (Wildman–Crippen LogP) is 1.54. The maximum absolute atomic E-state index is 12.7. The Bertz CT molecular complexity index is 511. The van der Waals surface area contributed by atoms with E-state index in [-0.39, 0.29) is 12.6 Å². The molecule has 1 aliphatic heterocycles. The molecule has 2 aromatic heterocycles. The van der Waals surface area contributed by atoms with Gasteiger partial charge in [-0.15, -0.1) is 0 Å². The fourth-order valence-electron chi connectivity index (χ4n) is 2.38. The molecule has 17 heavy (non-hydrogen) atoms. The summed E-state index contributed by atoms with van der Waals surface area (Å²) in [5, 5.41) is 0. The van der Waals surface area contributed by atoms with Gasteiger partial charge in [0.15, 0.2) is 11.5 Å². The average molecular weight is 235 g/mol. The number of nitrogens with one attached hydrogen (secondary N) is 1. The van der Waals surface area contributed by atoms with Crippen molar-refractivity contribution >= 4 is 17.0 Å². The van der Waals surface area contributed by atoms with Gasteiger partial charge in [0.05, 0.1) is 13.0 Å². The molecule has 0 radical (unpaired) electrons. The van der Waals surface area contributed by atoms with Crippen molar-refractivity contribution in [3.63, 3.8) is 0 Å². The van der Waals surface area contributed by atoms with Gasteiger partial charge in [-0.05, 0) is 12.8 Å². The maximum Gasteiger partial charge on any atom is 0.182 e. The number of alkyl halides is 1. The number of anilines is 1. The molecular formula is C11H14FN5. The summed E-state index contributed by atoms with van der Waals surface area (Å²) < 4.78 is 12.7. The van der Waals surface area contributed by atoms with Crippen molar-refractivity contribution in [2.45, 2.75) is 12.8 Å². The molecule has 1 fully saturated rings. The highest BCUT2D eigenvalue weighted by Crippen LogP contribution is 2.25. The molecule has 1 aliphatic rings. The van der Waals surface area contributed by atoms with Crippen molar-refractivity contribution < 1.29 is 4.39 Å². The first-order valence-electron chi connectivity index (χ1n) is 5.83. The lowest BCUT2D eigenvalue weighted by Gasteiger charge is -2.32. The first-order valence-corrected chi connectivity index (χ1v) is 5.83. The van der Waals surface area contributed by atoms with Crippen LogP contribution in [0.4, 0.5) is 10.2 Å². The van der Waals surface area contributed by atoms with Crippen LogP contribution in [0.5, 0.6) is 0 Å². The number of halogens is 1. The Morgan fingerprint density at radius 3 is 3.24 bits per heavy atom. The number of H-pyrrole nitrogens is 1. The number of aromatic nitrogens is 4. The molecule has 1 saturated heterocycles. The standard InChI is InChI=1S/C11H14FN5/c12-4-8-2-1-3-17(5-8)11-9-10(14-6-13-9)15-7-16-11/h6-8H,1-5H2,(H,13,14,15,16). The van der Waals surface area contributed by atoms with E-state index in [1.165, 1.54) is 6.33 Å². The molecule has 3 rings (SSSR count). The minimum absolute atomic E-state index is 0.122. The molecule has 3 heterocycles. The van der Waals surface area contributed by atoms with Gasteiger partial charge in [0.2, 0.25) is 0 Å². The van der Waals surface area contributed by atoms with Gasteiger partial charge >= 0.3 is 0 Å². The van der Waals surface area contributed by atoms with Gasteiger partial charge in [-0.25, -0.2) is 15.0 Å². The van der Waals surface area contributed by atoms with Crippen molar-refractivity contribution in [2.24, 2.45) is 5.92 Å². The molecule has 0 aliphatic carbocycles. The molecule has 0 spiro atoms. The molecule has 1 atom stereocenters. The molecule has 0 amide bonds. The van der Waals surface area contributed by atoms with E-state index < -0.39 is 0 Å². The molecule has 6 heteroatoms. The monoisotopic (exact) mass is 235 g/mol. The van der Waals surface area contributed by atoms with E-state index in [2.05, 4.69) is 24.8 Å². The minimum Gasteiger partial charge on any atom is -0.354 e. The highest BCUT2D eigenvalue weighted by molar-refractivity contribution is 5.82. The highest BCUT2D eigenvalue weighted by Gasteiger charge is 2.22. The molecule has 5 nitrogen and oxygen atoms in total. The summed E-state index contributed by atoms with van der Waals surface area (Å²) in [7, 11) is 0. The van der Waals surface area contributed by atoms with Crippen LogP contribution in [0.2, 0.25) is 0 Å². The molecular weight excluding hydrogens is 221 g/mol. The Balaban J connectivity index is 1.94. The largest absolute Gasteiger partial charge is 0.354 e. The Morgan fingerprint density at radius 2 is 2.35 bits per heavy atom. The van der Waals surface area contributed by atoms with E-state index in [9.17, 15) is 4.39 Å². The normalized spacial score (nSPS) is 21.0. The number of hydrogen-bond acceptors (Lipinski definition) is 4. The lowest BCUT2D eigenvalue weighted by molar-refractivity contribution is 0.315. The third-order valence-electron chi connectivity index (χ3n) is 3.24. The van der Waals surface area contributed by atoms with Crippen LogP contribution in [0, 0.1) is 5.92 Å². The minimum atomic E-state index is -0.256. The summed E-state index contributed by atoms with van der Waals surface area (Å²) in [5.74, 6) is 0.960. The van der Waals surface area contributed by atoms with Crippen LogP contribution in [-0.2, 0) is 0 Å². The van der Waals surface area contributed by atoms with Gasteiger partial charge in [-0.3, -0.25) is 4.39 Å². The first-order chi connectivity index (χ1) is 8.38. The van der Waals surface area contributed by atoms with E-state index >= 15 is 0 Å². The lowest BCUT2D eigenvalue weighted by atomic mass is 9.99. The quantitative estimate of drug-likeness (QED) is 0.857. The second kappa shape index (κ2) is 4.27. The van der Waals surface area contributed by atoms with Crippen LogP contribution in [-0.4, -0.2) is 39.7 Å². The fraction of sp³-hybridized carbons (Fsp3) is 0.545. The number of imidazole rings is 1. The summed E-state index contributed by atoms with van der Waals surface area (Å²) in [6.45, 7) is 1.39. The van der Waals surface area contributed by atoms with Crippen molar-refractivity contribution in [1.29, 1.82) is 0 Å². The Kier molecular flexibility index (Phi) is 2.62. The summed E-state index contributed by atoms with van der Waals surface area (Å²) in [6.07, 6.45) is 5.09. The second-order valence-electron chi connectivity index (χ2n) is 4.41. The van der Waals surface area contributed by atoms with Crippen LogP contribution in [0.15, 0.2) is 12.7 Å². The van der Waals surface area contributed by atoms with Crippen molar-refractivity contribution in [3.8, 4) is 0 Å². The molecule has 0 saturated carbocycles. The topological polar surface area (TPSA) is 57.7 Å². The zero-order valence-corrected chi connectivity index (χ0v) is 9.43. The maximum atomic E-state index is 12.7. The van der Waals surface area contributed by atoms with Crippen LogP contribution in [0.25, 0.3) is 11.2 Å². The molecule has 0 aromatic carbocycles. The number of piperidine rings is 1. The average Bonchev–Trinajstić information content (AvgIpc) is 2.87. The smallest absolute Gasteiger partial charge is 0.182 e. The molecule has 1 unspecified atom stereocenters. The van der Waals surface area contributed by atoms with E-state index in [0.717, 1.165) is 37.3 Å². The molecule has 1 N–H and O–H groups in total. The lowest BCUT2D eigenvalue weighted by Crippen LogP contribution is -2.36. The van der Waals surface area contributed by atoms with Crippen LogP contribution >= 0.6 is 0 Å². The van der Waals surface area contributed by atoms with Gasteiger partial charge < -0.3 is 9.88 Å². The number of rotatable bonds is 2. The van der Waals surface area contributed by atoms with E-state index in [0.29, 0.717) is 5.65 Å². The Morgan fingerprint density at radius 1 is 1.41 bits per heavy atom. The fourth-order valence-corrected chi connectivity index (χ4v) is 2.38. The van der Waals surface area contributed by atoms with Crippen LogP contribution in [0.3, 0.4) is 0 Å². The third kappa shape index (κ3) is 1.83. The van der Waals surface area contributed by atoms with E-state index in [1.54, 1.807) is 6.33 Å². The number of aromatic amines is 1. The Hall–Kier alpha value is -1.72. The molecule has 2 aromatic rings. The zero-order valence-electron chi connectivity index (χ0n) is 9.43. The van der Waals surface area contributed by atoms with E-state index in [4.69, 9.17) is 0 Å². The number of hydrogen-bond donors (Lipinski definition) is 1. The molecule has 0 bridgehead atoms. The van der Waals surface area contributed by atoms with Gasteiger partial charge in [0.1, 0.15) is 11.8 Å². The number of nitrogens with zero attached hydrogens (tertiary/aromatic N) is 4. The summed E-state index contributed by atoms with van der Waals surface area (Å²) in [4.78, 5) is 17.6. The van der Waals surface area contributed by atoms with Crippen molar-refractivity contribution in [1.82, 2.24) is 19.9 Å². The van der Waals surface area contributed by atoms with Gasteiger partial charge in [0.25, 0.3) is 0 Å². The zero-order chi connectivity index (χ0) is 11.7. The molecule has 90 valence electrons. The highest BCUT2D eigenvalue weighted by atomic mass is 19.1. The summed E-state index contributed by atoms with van der Waals surface area (Å²) in [5.41, 5.74) is 1.50. The second-order valence-corrected chi connectivity index (χ2v) is 4.41. The predicted molar refractivity (Wildman–Crippen MR) is 62.6 cm³/mol. The van der Waals surface area contributed by atoms with Crippen molar-refractivity contribution in [2.75, 3.05) is 24.7 Å². The summed E-state index contributed by atoms with van der Waals surface area (Å²) in [6, 6.07) is 0. The van der Waals surface area contributed by atoms with Gasteiger partial charge in [-0.1, -0.05) is 0 Å². The van der Waals surface area contributed by atoms with Gasteiger partial charge in [0, 0.05) is 19.0 Å². The van der Waals surface area contributed by atoms with Crippen molar-refractivity contribution in [3.05, 3.63) is 12.7 Å². The third-order valence-corrected chi connectivity index (χ3v) is 3.24. The van der Waals surface area contributed by atoms with E-state index in [1.807, 2.05) is 0 Å². The first kappa shape index (κ1) is 10.4. The SMILES string of the molecule is FCC1CCCN(c2ncnc3nc[nH]c23)C1.